The molecule has 2 saturated heterocycles. The molecule has 4 aliphatic rings. The Morgan fingerprint density at radius 1 is 0.943 bits per heavy atom. The van der Waals surface area contributed by atoms with Crippen LogP contribution in [-0.4, -0.2) is 53.8 Å². The van der Waals surface area contributed by atoms with Crippen molar-refractivity contribution in [3.05, 3.63) is 70.8 Å². The van der Waals surface area contributed by atoms with Crippen LogP contribution in [0.3, 0.4) is 0 Å². The van der Waals surface area contributed by atoms with Crippen molar-refractivity contribution in [1.82, 2.24) is 9.80 Å². The monoisotopic (exact) mass is 472 g/mol. The van der Waals surface area contributed by atoms with Gasteiger partial charge in [-0.05, 0) is 48.8 Å². The fourth-order valence-corrected chi connectivity index (χ4v) is 6.42. The number of carbonyl (C=O) groups excluding carboxylic acids is 3. The van der Waals surface area contributed by atoms with E-state index >= 15 is 0 Å². The fraction of sp³-hybridized carbons (Fsp3) is 0.483. The first-order chi connectivity index (χ1) is 17.0. The van der Waals surface area contributed by atoms with E-state index < -0.39 is 11.0 Å². The summed E-state index contributed by atoms with van der Waals surface area (Å²) in [5.41, 5.74) is 2.80. The highest BCUT2D eigenvalue weighted by Crippen LogP contribution is 2.52. The number of likely N-dealkylation sites (tertiary alicyclic amines) is 2. The van der Waals surface area contributed by atoms with Gasteiger partial charge in [0.1, 0.15) is 0 Å². The van der Waals surface area contributed by atoms with Gasteiger partial charge in [0.05, 0.1) is 17.5 Å². The average Bonchev–Trinajstić information content (AvgIpc) is 3.54. The van der Waals surface area contributed by atoms with Crippen molar-refractivity contribution in [1.29, 1.82) is 0 Å². The highest BCUT2D eigenvalue weighted by atomic mass is 16.6. The predicted molar refractivity (Wildman–Crippen MR) is 131 cm³/mol. The van der Waals surface area contributed by atoms with Gasteiger partial charge in [-0.1, -0.05) is 49.4 Å². The average molecular weight is 473 g/mol. The summed E-state index contributed by atoms with van der Waals surface area (Å²) in [6.07, 6.45) is 4.93. The first kappa shape index (κ1) is 22.3. The van der Waals surface area contributed by atoms with Crippen LogP contribution in [0, 0.1) is 0 Å². The van der Waals surface area contributed by atoms with Crippen LogP contribution < -0.4 is 0 Å². The van der Waals surface area contributed by atoms with Gasteiger partial charge >= 0.3 is 5.97 Å². The van der Waals surface area contributed by atoms with E-state index in [0.29, 0.717) is 37.4 Å². The first-order valence-corrected chi connectivity index (χ1v) is 13.0. The molecule has 1 aliphatic carbocycles. The summed E-state index contributed by atoms with van der Waals surface area (Å²) in [6, 6.07) is 16.2. The number of rotatable bonds is 4. The van der Waals surface area contributed by atoms with Crippen molar-refractivity contribution < 1.29 is 19.1 Å². The summed E-state index contributed by atoms with van der Waals surface area (Å²) in [5, 5.41) is 0. The molecule has 35 heavy (non-hydrogen) atoms. The molecule has 6 heteroatoms. The van der Waals surface area contributed by atoms with Gasteiger partial charge in [-0.15, -0.1) is 0 Å². The smallest absolute Gasteiger partial charge is 0.339 e. The van der Waals surface area contributed by atoms with E-state index in [1.165, 1.54) is 5.56 Å². The molecular formula is C29H32N2O4. The Hall–Kier alpha value is -3.15. The Morgan fingerprint density at radius 2 is 1.66 bits per heavy atom. The van der Waals surface area contributed by atoms with Crippen LogP contribution in [0.4, 0.5) is 0 Å². The van der Waals surface area contributed by atoms with Crippen LogP contribution in [-0.2, 0) is 25.3 Å². The molecule has 0 aromatic heterocycles. The summed E-state index contributed by atoms with van der Waals surface area (Å²) in [4.78, 5) is 42.0. The second-order valence-electron chi connectivity index (χ2n) is 10.6. The number of carbonyl (C=O) groups is 3. The molecule has 0 unspecified atom stereocenters. The first-order valence-electron chi connectivity index (χ1n) is 13.0. The molecule has 0 bridgehead atoms. The van der Waals surface area contributed by atoms with Crippen LogP contribution in [0.2, 0.25) is 0 Å². The number of ether oxygens (including phenoxy) is 1. The van der Waals surface area contributed by atoms with Crippen molar-refractivity contribution in [2.75, 3.05) is 26.2 Å². The zero-order valence-corrected chi connectivity index (χ0v) is 20.3. The van der Waals surface area contributed by atoms with E-state index in [4.69, 9.17) is 4.74 Å². The molecule has 6 rings (SSSR count). The van der Waals surface area contributed by atoms with Crippen LogP contribution in [0.15, 0.2) is 48.5 Å². The topological polar surface area (TPSA) is 66.9 Å². The second kappa shape index (κ2) is 8.21. The van der Waals surface area contributed by atoms with E-state index in [1.54, 1.807) is 0 Å². The van der Waals surface area contributed by atoms with Gasteiger partial charge in [-0.2, -0.15) is 0 Å². The molecule has 1 spiro atoms. The SMILES string of the molecule is CCC(=O)N1CCC(c2ccc(C3(C(=O)N4CC[C@@]5(C4)OC(=O)c4ccccc45)CC3)cc2)CC1. The van der Waals surface area contributed by atoms with Crippen molar-refractivity contribution in [3.63, 3.8) is 0 Å². The summed E-state index contributed by atoms with van der Waals surface area (Å²) in [7, 11) is 0. The van der Waals surface area contributed by atoms with Crippen LogP contribution in [0.5, 0.6) is 0 Å². The minimum absolute atomic E-state index is 0.161. The van der Waals surface area contributed by atoms with Crippen molar-refractivity contribution in [3.8, 4) is 0 Å². The summed E-state index contributed by atoms with van der Waals surface area (Å²) in [5.74, 6) is 0.587. The number of benzene rings is 2. The second-order valence-corrected chi connectivity index (χ2v) is 10.6. The predicted octanol–water partition coefficient (Wildman–Crippen LogP) is 4.13. The number of amides is 2. The van der Waals surface area contributed by atoms with Gasteiger partial charge in [0, 0.05) is 38.0 Å². The normalized spacial score (nSPS) is 25.0. The lowest BCUT2D eigenvalue weighted by atomic mass is 9.86. The largest absolute Gasteiger partial charge is 0.449 e. The number of nitrogens with zero attached hydrogens (tertiary/aromatic N) is 2. The van der Waals surface area contributed by atoms with E-state index in [1.807, 2.05) is 41.0 Å². The number of esters is 1. The molecule has 3 aliphatic heterocycles. The van der Waals surface area contributed by atoms with E-state index in [-0.39, 0.29) is 17.8 Å². The Morgan fingerprint density at radius 3 is 2.34 bits per heavy atom. The molecule has 0 radical (unpaired) electrons. The lowest BCUT2D eigenvalue weighted by Gasteiger charge is -2.32. The van der Waals surface area contributed by atoms with E-state index in [0.717, 1.165) is 49.9 Å². The van der Waals surface area contributed by atoms with E-state index in [9.17, 15) is 14.4 Å². The van der Waals surface area contributed by atoms with Crippen LogP contribution in [0.1, 0.15) is 78.4 Å². The van der Waals surface area contributed by atoms with Crippen LogP contribution >= 0.6 is 0 Å². The van der Waals surface area contributed by atoms with Gasteiger partial charge < -0.3 is 14.5 Å². The minimum Gasteiger partial charge on any atom is -0.449 e. The summed E-state index contributed by atoms with van der Waals surface area (Å²) < 4.78 is 5.85. The molecule has 1 atom stereocenters. The fourth-order valence-electron chi connectivity index (χ4n) is 6.42. The Labute approximate surface area is 206 Å². The van der Waals surface area contributed by atoms with Gasteiger partial charge in [0.15, 0.2) is 5.60 Å². The number of hydrogen-bond donors (Lipinski definition) is 0. The molecule has 2 amide bonds. The molecular weight excluding hydrogens is 440 g/mol. The molecule has 6 nitrogen and oxygen atoms in total. The lowest BCUT2D eigenvalue weighted by molar-refractivity contribution is -0.134. The zero-order chi connectivity index (χ0) is 24.2. The van der Waals surface area contributed by atoms with Gasteiger partial charge in [-0.25, -0.2) is 4.79 Å². The van der Waals surface area contributed by atoms with Gasteiger partial charge in [0.25, 0.3) is 0 Å². The third kappa shape index (κ3) is 3.57. The molecule has 2 aromatic carbocycles. The zero-order valence-electron chi connectivity index (χ0n) is 20.3. The molecule has 3 fully saturated rings. The maximum absolute atomic E-state index is 13.7. The van der Waals surface area contributed by atoms with Crippen molar-refractivity contribution in [2.24, 2.45) is 0 Å². The highest BCUT2D eigenvalue weighted by molar-refractivity contribution is 5.96. The number of piperidine rings is 1. The Balaban J connectivity index is 1.15. The molecule has 1 saturated carbocycles. The molecule has 182 valence electrons. The maximum atomic E-state index is 13.7. The van der Waals surface area contributed by atoms with E-state index in [2.05, 4.69) is 24.3 Å². The summed E-state index contributed by atoms with van der Waals surface area (Å²) in [6.45, 7) is 4.61. The maximum Gasteiger partial charge on any atom is 0.339 e. The molecule has 3 heterocycles. The number of hydrogen-bond acceptors (Lipinski definition) is 4. The Bertz CT molecular complexity index is 1180. The molecule has 2 aromatic rings. The minimum atomic E-state index is -0.697. The molecule has 0 N–H and O–H groups in total. The van der Waals surface area contributed by atoms with Crippen molar-refractivity contribution in [2.45, 2.75) is 62.4 Å². The lowest BCUT2D eigenvalue weighted by Crippen LogP contribution is -2.40. The third-order valence-electron chi connectivity index (χ3n) is 8.69. The number of fused-ring (bicyclic) bond motifs is 2. The van der Waals surface area contributed by atoms with Crippen LogP contribution in [0.25, 0.3) is 0 Å². The van der Waals surface area contributed by atoms with Gasteiger partial charge in [-0.3, -0.25) is 9.59 Å². The van der Waals surface area contributed by atoms with Gasteiger partial charge in [0.2, 0.25) is 11.8 Å². The van der Waals surface area contributed by atoms with Crippen molar-refractivity contribution >= 4 is 17.8 Å². The Kier molecular flexibility index (Phi) is 5.24. The quantitative estimate of drug-likeness (QED) is 0.628. The third-order valence-corrected chi connectivity index (χ3v) is 8.69. The summed E-state index contributed by atoms with van der Waals surface area (Å²) >= 11 is 0. The standard InChI is InChI=1S/C29H32N2O4/c1-2-25(32)30-16-11-21(12-17-30)20-7-9-22(10-8-20)28(13-14-28)27(34)31-18-15-29(19-31)24-6-4-3-5-23(24)26(33)35-29/h3-10,21H,2,11-19H2,1H3/t29-/m0/s1. The highest BCUT2D eigenvalue weighted by Gasteiger charge is 2.57.